The second-order valence-electron chi connectivity index (χ2n) is 5.07. The number of carbonyl (C=O) groups is 1. The molecule has 3 aliphatic rings. The predicted octanol–water partition coefficient (Wildman–Crippen LogP) is 0.993. The van der Waals surface area contributed by atoms with Gasteiger partial charge in [-0.05, 0) is 36.5 Å². The summed E-state index contributed by atoms with van der Waals surface area (Å²) in [5.41, 5.74) is 0.985. The first kappa shape index (κ1) is 7.80. The molecular formula is C10H15NO2. The molecule has 3 fully saturated rings. The van der Waals surface area contributed by atoms with Gasteiger partial charge in [0, 0.05) is 6.54 Å². The molecule has 3 heteroatoms. The number of carboxylic acids is 1. The molecule has 0 radical (unpaired) electrons. The Hall–Kier alpha value is -0.570. The Morgan fingerprint density at radius 1 is 1.38 bits per heavy atom. The van der Waals surface area contributed by atoms with Crippen LogP contribution >= 0.6 is 0 Å². The number of nitrogens with one attached hydrogen (secondary N) is 1. The maximum atomic E-state index is 10.8. The van der Waals surface area contributed by atoms with Crippen molar-refractivity contribution in [2.75, 3.05) is 6.54 Å². The van der Waals surface area contributed by atoms with Crippen molar-refractivity contribution in [2.24, 2.45) is 10.8 Å². The highest BCUT2D eigenvalue weighted by molar-refractivity contribution is 5.74. The summed E-state index contributed by atoms with van der Waals surface area (Å²) in [6.45, 7) is 0.948. The standard InChI is InChI=1S/C10H15NO2/c12-8(13)7-4-10(6-11-7)5-9(10)2-1-3-9/h7,11H,1-6H2,(H,12,13). The van der Waals surface area contributed by atoms with Crippen LogP contribution in [0.3, 0.4) is 0 Å². The molecule has 3 rings (SSSR count). The van der Waals surface area contributed by atoms with Crippen molar-refractivity contribution in [2.45, 2.75) is 38.1 Å². The summed E-state index contributed by atoms with van der Waals surface area (Å²) >= 11 is 0. The first-order chi connectivity index (χ1) is 6.18. The van der Waals surface area contributed by atoms with Gasteiger partial charge in [0.2, 0.25) is 0 Å². The zero-order valence-corrected chi connectivity index (χ0v) is 7.68. The van der Waals surface area contributed by atoms with Crippen LogP contribution < -0.4 is 5.32 Å². The molecule has 3 nitrogen and oxygen atoms in total. The second-order valence-corrected chi connectivity index (χ2v) is 5.07. The lowest BCUT2D eigenvalue weighted by atomic mass is 9.74. The third kappa shape index (κ3) is 0.810. The van der Waals surface area contributed by atoms with Gasteiger partial charge in [0.15, 0.2) is 0 Å². The van der Waals surface area contributed by atoms with E-state index in [1.807, 2.05) is 0 Å². The average molecular weight is 181 g/mol. The fraction of sp³-hybridized carbons (Fsp3) is 0.900. The van der Waals surface area contributed by atoms with Crippen LogP contribution in [0.25, 0.3) is 0 Å². The molecular weight excluding hydrogens is 166 g/mol. The van der Waals surface area contributed by atoms with E-state index in [4.69, 9.17) is 5.11 Å². The lowest BCUT2D eigenvalue weighted by Crippen LogP contribution is -2.30. The van der Waals surface area contributed by atoms with Gasteiger partial charge < -0.3 is 10.4 Å². The van der Waals surface area contributed by atoms with Gasteiger partial charge in [-0.1, -0.05) is 6.42 Å². The molecule has 2 N–H and O–H groups in total. The van der Waals surface area contributed by atoms with E-state index in [-0.39, 0.29) is 6.04 Å². The molecule has 72 valence electrons. The van der Waals surface area contributed by atoms with Gasteiger partial charge in [-0.15, -0.1) is 0 Å². The normalized spacial score (nSPS) is 45.1. The fourth-order valence-corrected chi connectivity index (χ4v) is 3.48. The van der Waals surface area contributed by atoms with Gasteiger partial charge >= 0.3 is 5.97 Å². The molecule has 0 bridgehead atoms. The van der Waals surface area contributed by atoms with Crippen molar-refractivity contribution in [3.63, 3.8) is 0 Å². The van der Waals surface area contributed by atoms with Crippen LogP contribution in [-0.2, 0) is 4.79 Å². The van der Waals surface area contributed by atoms with E-state index < -0.39 is 5.97 Å². The van der Waals surface area contributed by atoms with Gasteiger partial charge in [-0.3, -0.25) is 4.79 Å². The molecule has 0 aromatic rings. The molecule has 2 aliphatic carbocycles. The first-order valence-electron chi connectivity index (χ1n) is 5.14. The van der Waals surface area contributed by atoms with E-state index in [0.717, 1.165) is 13.0 Å². The largest absolute Gasteiger partial charge is 0.480 e. The fourth-order valence-electron chi connectivity index (χ4n) is 3.48. The molecule has 2 spiro atoms. The Labute approximate surface area is 77.5 Å². The van der Waals surface area contributed by atoms with Crippen LogP contribution in [0.1, 0.15) is 32.1 Å². The zero-order valence-electron chi connectivity index (χ0n) is 7.68. The molecule has 2 unspecified atom stereocenters. The van der Waals surface area contributed by atoms with Crippen molar-refractivity contribution in [3.05, 3.63) is 0 Å². The highest BCUT2D eigenvalue weighted by Gasteiger charge is 2.71. The van der Waals surface area contributed by atoms with Crippen LogP contribution in [0.5, 0.6) is 0 Å². The quantitative estimate of drug-likeness (QED) is 0.634. The van der Waals surface area contributed by atoms with Gasteiger partial charge in [0.1, 0.15) is 6.04 Å². The van der Waals surface area contributed by atoms with E-state index in [9.17, 15) is 4.79 Å². The second kappa shape index (κ2) is 2.08. The van der Waals surface area contributed by atoms with Gasteiger partial charge in [0.25, 0.3) is 0 Å². The molecule has 0 amide bonds. The molecule has 2 saturated carbocycles. The Morgan fingerprint density at radius 2 is 2.15 bits per heavy atom. The van der Waals surface area contributed by atoms with Gasteiger partial charge in [-0.25, -0.2) is 0 Å². The van der Waals surface area contributed by atoms with Crippen LogP contribution in [-0.4, -0.2) is 23.7 Å². The Balaban J connectivity index is 1.73. The van der Waals surface area contributed by atoms with Gasteiger partial charge in [0.05, 0.1) is 0 Å². The highest BCUT2D eigenvalue weighted by atomic mass is 16.4. The predicted molar refractivity (Wildman–Crippen MR) is 47.4 cm³/mol. The minimum atomic E-state index is -0.668. The van der Waals surface area contributed by atoms with E-state index in [0.29, 0.717) is 10.8 Å². The molecule has 1 saturated heterocycles. The SMILES string of the molecule is O=C(O)C1CC2(CN1)CC21CCC1. The number of rotatable bonds is 1. The topological polar surface area (TPSA) is 49.3 Å². The molecule has 1 heterocycles. The van der Waals surface area contributed by atoms with Crippen LogP contribution in [0.2, 0.25) is 0 Å². The van der Waals surface area contributed by atoms with E-state index >= 15 is 0 Å². The van der Waals surface area contributed by atoms with Crippen molar-refractivity contribution in [1.82, 2.24) is 5.32 Å². The lowest BCUT2D eigenvalue weighted by Gasteiger charge is -2.30. The first-order valence-corrected chi connectivity index (χ1v) is 5.14. The third-order valence-corrected chi connectivity index (χ3v) is 4.57. The molecule has 0 aromatic carbocycles. The van der Waals surface area contributed by atoms with Gasteiger partial charge in [-0.2, -0.15) is 0 Å². The molecule has 13 heavy (non-hydrogen) atoms. The van der Waals surface area contributed by atoms with Crippen molar-refractivity contribution in [1.29, 1.82) is 0 Å². The minimum Gasteiger partial charge on any atom is -0.480 e. The summed E-state index contributed by atoms with van der Waals surface area (Å²) in [6.07, 6.45) is 6.22. The molecule has 1 aliphatic heterocycles. The number of carboxylic acid groups (broad SMARTS) is 1. The molecule has 2 atom stereocenters. The summed E-state index contributed by atoms with van der Waals surface area (Å²) < 4.78 is 0. The van der Waals surface area contributed by atoms with Crippen LogP contribution in [0.4, 0.5) is 0 Å². The zero-order chi connectivity index (χ0) is 9.10. The van der Waals surface area contributed by atoms with E-state index in [1.54, 1.807) is 0 Å². The van der Waals surface area contributed by atoms with Crippen LogP contribution in [0.15, 0.2) is 0 Å². The van der Waals surface area contributed by atoms with Crippen molar-refractivity contribution >= 4 is 5.97 Å². The summed E-state index contributed by atoms with van der Waals surface area (Å²) in [5.74, 6) is -0.668. The maximum Gasteiger partial charge on any atom is 0.320 e. The van der Waals surface area contributed by atoms with Crippen molar-refractivity contribution in [3.8, 4) is 0 Å². The summed E-state index contributed by atoms with van der Waals surface area (Å²) in [6, 6.07) is -0.264. The summed E-state index contributed by atoms with van der Waals surface area (Å²) in [4.78, 5) is 10.8. The monoisotopic (exact) mass is 181 g/mol. The smallest absolute Gasteiger partial charge is 0.320 e. The average Bonchev–Trinajstić information content (AvgIpc) is 2.44. The Kier molecular flexibility index (Phi) is 1.25. The highest BCUT2D eigenvalue weighted by Crippen LogP contribution is 2.76. The Bertz CT molecular complexity index is 272. The Morgan fingerprint density at radius 3 is 2.54 bits per heavy atom. The van der Waals surface area contributed by atoms with E-state index in [1.165, 1.54) is 25.7 Å². The summed E-state index contributed by atoms with van der Waals surface area (Å²) in [5, 5.41) is 12.0. The minimum absolute atomic E-state index is 0.264. The number of aliphatic carboxylic acids is 1. The molecule has 0 aromatic heterocycles. The maximum absolute atomic E-state index is 10.8. The number of hydrogen-bond donors (Lipinski definition) is 2. The lowest BCUT2D eigenvalue weighted by molar-refractivity contribution is -0.139. The summed E-state index contributed by atoms with van der Waals surface area (Å²) in [7, 11) is 0. The number of hydrogen-bond acceptors (Lipinski definition) is 2. The van der Waals surface area contributed by atoms with Crippen LogP contribution in [0, 0.1) is 10.8 Å². The van der Waals surface area contributed by atoms with E-state index in [2.05, 4.69) is 5.32 Å². The number of fused-ring (bicyclic) bond motifs is 1. The third-order valence-electron chi connectivity index (χ3n) is 4.57. The van der Waals surface area contributed by atoms with Crippen molar-refractivity contribution < 1.29 is 9.90 Å².